The molecule has 0 radical (unpaired) electrons. The first-order valence-corrected chi connectivity index (χ1v) is 9.01. The third kappa shape index (κ3) is 4.66. The summed E-state index contributed by atoms with van der Waals surface area (Å²) in [4.78, 5) is 24.4. The van der Waals surface area contributed by atoms with Gasteiger partial charge in [-0.15, -0.1) is 11.6 Å². The van der Waals surface area contributed by atoms with Crippen LogP contribution in [0.15, 0.2) is 60.7 Å². The van der Waals surface area contributed by atoms with Crippen LogP contribution in [0.3, 0.4) is 0 Å². The highest BCUT2D eigenvalue weighted by Crippen LogP contribution is 2.26. The fourth-order valence-corrected chi connectivity index (χ4v) is 3.06. The Morgan fingerprint density at radius 3 is 2.04 bits per heavy atom. The first-order valence-electron chi connectivity index (χ1n) is 8.48. The summed E-state index contributed by atoms with van der Waals surface area (Å²) < 4.78 is 16.3. The van der Waals surface area contributed by atoms with Gasteiger partial charge in [-0.05, 0) is 24.3 Å². The Morgan fingerprint density at radius 2 is 1.48 bits per heavy atom. The number of aliphatic hydroxyl groups excluding tert-OH is 1. The Labute approximate surface area is 161 Å². The first kappa shape index (κ1) is 19.4. The summed E-state index contributed by atoms with van der Waals surface area (Å²) in [5.41, 5.74) is 0.738. The van der Waals surface area contributed by atoms with E-state index >= 15 is 0 Å². The lowest BCUT2D eigenvalue weighted by atomic mass is 10.1. The fourth-order valence-electron chi connectivity index (χ4n) is 2.80. The zero-order valence-electron chi connectivity index (χ0n) is 14.4. The number of rotatable bonds is 6. The highest BCUT2D eigenvalue weighted by atomic mass is 35.5. The van der Waals surface area contributed by atoms with Crippen molar-refractivity contribution in [1.82, 2.24) is 0 Å². The average molecular weight is 391 g/mol. The Morgan fingerprint density at radius 1 is 0.926 bits per heavy atom. The molecule has 1 saturated heterocycles. The van der Waals surface area contributed by atoms with Crippen molar-refractivity contribution in [3.05, 3.63) is 71.8 Å². The molecule has 0 bridgehead atoms. The Balaban J connectivity index is 1.66. The molecule has 0 aliphatic carbocycles. The normalized spacial score (nSPS) is 24.4. The molecule has 0 amide bonds. The van der Waals surface area contributed by atoms with E-state index < -0.39 is 36.4 Å². The number of alkyl halides is 1. The van der Waals surface area contributed by atoms with Crippen LogP contribution in [0, 0.1) is 0 Å². The van der Waals surface area contributed by atoms with Gasteiger partial charge in [-0.1, -0.05) is 36.4 Å². The van der Waals surface area contributed by atoms with E-state index in [9.17, 15) is 14.7 Å². The Hall–Kier alpha value is -2.41. The molecule has 1 fully saturated rings. The number of carbonyl (C=O) groups excluding carboxylic acids is 2. The number of aliphatic hydroxyl groups is 1. The van der Waals surface area contributed by atoms with Gasteiger partial charge in [0.1, 0.15) is 24.9 Å². The molecule has 1 aliphatic heterocycles. The fraction of sp³-hybridized carbons (Fsp3) is 0.300. The van der Waals surface area contributed by atoms with Crippen LogP contribution in [-0.4, -0.2) is 53.9 Å². The molecule has 2 aromatic carbocycles. The third-order valence-electron chi connectivity index (χ3n) is 4.23. The molecule has 0 aromatic heterocycles. The van der Waals surface area contributed by atoms with Crippen LogP contribution in [0.4, 0.5) is 0 Å². The lowest BCUT2D eigenvalue weighted by molar-refractivity contribution is -0.0416. The molecule has 0 spiro atoms. The molecule has 4 atom stereocenters. The summed E-state index contributed by atoms with van der Waals surface area (Å²) in [5.74, 6) is -1.11. The Bertz CT molecular complexity index is 767. The van der Waals surface area contributed by atoms with E-state index in [2.05, 4.69) is 0 Å². The highest BCUT2D eigenvalue weighted by molar-refractivity contribution is 6.18. The molecule has 2 aromatic rings. The lowest BCUT2D eigenvalue weighted by Gasteiger charge is -2.20. The van der Waals surface area contributed by atoms with Gasteiger partial charge in [0.15, 0.2) is 6.10 Å². The van der Waals surface area contributed by atoms with Crippen molar-refractivity contribution in [2.45, 2.75) is 24.4 Å². The Kier molecular flexibility index (Phi) is 6.45. The van der Waals surface area contributed by atoms with Crippen LogP contribution in [-0.2, 0) is 14.2 Å². The van der Waals surface area contributed by atoms with Crippen LogP contribution in [0.1, 0.15) is 20.7 Å². The van der Waals surface area contributed by atoms with Crippen molar-refractivity contribution < 1.29 is 28.9 Å². The van der Waals surface area contributed by atoms with E-state index in [-0.39, 0.29) is 12.5 Å². The van der Waals surface area contributed by atoms with Gasteiger partial charge in [-0.25, -0.2) is 9.59 Å². The van der Waals surface area contributed by atoms with E-state index in [1.165, 1.54) is 0 Å². The van der Waals surface area contributed by atoms with Gasteiger partial charge in [0.05, 0.1) is 17.0 Å². The van der Waals surface area contributed by atoms with Crippen molar-refractivity contribution in [3.63, 3.8) is 0 Å². The second-order valence-electron chi connectivity index (χ2n) is 6.06. The number of carbonyl (C=O) groups is 2. The lowest BCUT2D eigenvalue weighted by Crippen LogP contribution is -2.39. The van der Waals surface area contributed by atoms with Gasteiger partial charge < -0.3 is 19.3 Å². The first-order chi connectivity index (χ1) is 13.1. The minimum absolute atomic E-state index is 0.0175. The van der Waals surface area contributed by atoms with Crippen LogP contribution >= 0.6 is 11.6 Å². The second kappa shape index (κ2) is 8.99. The van der Waals surface area contributed by atoms with E-state index in [1.807, 2.05) is 0 Å². The smallest absolute Gasteiger partial charge is 0.338 e. The van der Waals surface area contributed by atoms with Gasteiger partial charge in [0.25, 0.3) is 0 Å². The zero-order valence-corrected chi connectivity index (χ0v) is 15.1. The number of hydrogen-bond acceptors (Lipinski definition) is 6. The molecular weight excluding hydrogens is 372 g/mol. The quantitative estimate of drug-likeness (QED) is 0.602. The number of hydrogen-bond donors (Lipinski definition) is 1. The standard InChI is InChI=1S/C20H19ClO6/c21-11-15-17(22)18(27-20(24)14-9-5-2-6-10-14)16(26-15)12-25-19(23)13-7-3-1-4-8-13/h1-10,15-18,22H,11-12H2. The van der Waals surface area contributed by atoms with Crippen molar-refractivity contribution in [2.75, 3.05) is 12.5 Å². The SMILES string of the molecule is O=C(OCC1OC(CCl)C(O)C1OC(=O)c1ccccc1)c1ccccc1. The predicted octanol–water partition coefficient (Wildman–Crippen LogP) is 2.44. The van der Waals surface area contributed by atoms with Crippen LogP contribution < -0.4 is 0 Å². The summed E-state index contributed by atoms with van der Waals surface area (Å²) in [6, 6.07) is 16.9. The second-order valence-corrected chi connectivity index (χ2v) is 6.37. The summed E-state index contributed by atoms with van der Waals surface area (Å²) in [5, 5.41) is 10.4. The van der Waals surface area contributed by atoms with Crippen molar-refractivity contribution in [3.8, 4) is 0 Å². The molecule has 3 rings (SSSR count). The molecule has 6 nitrogen and oxygen atoms in total. The largest absolute Gasteiger partial charge is 0.459 e. The molecule has 1 heterocycles. The van der Waals surface area contributed by atoms with Crippen LogP contribution in [0.25, 0.3) is 0 Å². The minimum atomic E-state index is -1.12. The summed E-state index contributed by atoms with van der Waals surface area (Å²) in [7, 11) is 0. The summed E-state index contributed by atoms with van der Waals surface area (Å²) in [6.07, 6.45) is -3.65. The monoisotopic (exact) mass is 390 g/mol. The average Bonchev–Trinajstić information content (AvgIpc) is 3.02. The van der Waals surface area contributed by atoms with Gasteiger partial charge in [0, 0.05) is 0 Å². The number of halogens is 1. The van der Waals surface area contributed by atoms with Gasteiger partial charge >= 0.3 is 11.9 Å². The van der Waals surface area contributed by atoms with E-state index in [0.29, 0.717) is 11.1 Å². The predicted molar refractivity (Wildman–Crippen MR) is 97.8 cm³/mol. The maximum Gasteiger partial charge on any atom is 0.338 e. The number of esters is 2. The van der Waals surface area contributed by atoms with Crippen LogP contribution in [0.5, 0.6) is 0 Å². The molecular formula is C20H19ClO6. The van der Waals surface area contributed by atoms with E-state index in [4.69, 9.17) is 25.8 Å². The van der Waals surface area contributed by atoms with Gasteiger partial charge in [-0.3, -0.25) is 0 Å². The molecule has 0 saturated carbocycles. The summed E-state index contributed by atoms with van der Waals surface area (Å²) >= 11 is 5.81. The highest BCUT2D eigenvalue weighted by Gasteiger charge is 2.46. The van der Waals surface area contributed by atoms with Crippen molar-refractivity contribution in [1.29, 1.82) is 0 Å². The van der Waals surface area contributed by atoms with Crippen molar-refractivity contribution in [2.24, 2.45) is 0 Å². The number of benzene rings is 2. The maximum absolute atomic E-state index is 12.3. The molecule has 142 valence electrons. The number of ether oxygens (including phenoxy) is 3. The molecule has 27 heavy (non-hydrogen) atoms. The van der Waals surface area contributed by atoms with Crippen molar-refractivity contribution >= 4 is 23.5 Å². The summed E-state index contributed by atoms with van der Waals surface area (Å²) in [6.45, 7) is -0.176. The topological polar surface area (TPSA) is 82.1 Å². The minimum Gasteiger partial charge on any atom is -0.459 e. The van der Waals surface area contributed by atoms with Gasteiger partial charge in [-0.2, -0.15) is 0 Å². The molecule has 7 heteroatoms. The molecule has 1 N–H and O–H groups in total. The maximum atomic E-state index is 12.3. The molecule has 4 unspecified atom stereocenters. The zero-order chi connectivity index (χ0) is 19.2. The van der Waals surface area contributed by atoms with Crippen LogP contribution in [0.2, 0.25) is 0 Å². The van der Waals surface area contributed by atoms with E-state index in [0.717, 1.165) is 0 Å². The van der Waals surface area contributed by atoms with E-state index in [1.54, 1.807) is 60.7 Å². The molecule has 1 aliphatic rings. The van der Waals surface area contributed by atoms with Gasteiger partial charge in [0.2, 0.25) is 0 Å². The third-order valence-corrected chi connectivity index (χ3v) is 4.53.